The van der Waals surface area contributed by atoms with Crippen LogP contribution in [0.25, 0.3) is 0 Å². The first-order valence-corrected chi connectivity index (χ1v) is 5.63. The van der Waals surface area contributed by atoms with Crippen molar-refractivity contribution in [1.82, 2.24) is 20.3 Å². The Hall–Kier alpha value is -1.63. The average Bonchev–Trinajstić information content (AvgIpc) is 2.89. The molecule has 2 heterocycles. The molecule has 2 rings (SSSR count). The SMILES string of the molecule is COc1nc(NCC2CCCN2)nc(OC)n1. The lowest BCUT2D eigenvalue weighted by molar-refractivity contribution is 0.341. The zero-order valence-corrected chi connectivity index (χ0v) is 10.1. The van der Waals surface area contributed by atoms with Gasteiger partial charge in [-0.3, -0.25) is 0 Å². The molecular weight excluding hydrogens is 222 g/mol. The summed E-state index contributed by atoms with van der Waals surface area (Å²) in [5, 5.41) is 6.54. The Balaban J connectivity index is 1.98. The van der Waals surface area contributed by atoms with E-state index in [1.807, 2.05) is 0 Å². The third-order valence-electron chi connectivity index (χ3n) is 2.63. The van der Waals surface area contributed by atoms with Gasteiger partial charge in [0.15, 0.2) is 0 Å². The van der Waals surface area contributed by atoms with Gasteiger partial charge in [-0.15, -0.1) is 4.98 Å². The van der Waals surface area contributed by atoms with Crippen molar-refractivity contribution in [2.75, 3.05) is 32.6 Å². The fourth-order valence-corrected chi connectivity index (χ4v) is 1.75. The number of nitrogens with zero attached hydrogens (tertiary/aromatic N) is 3. The second-order valence-electron chi connectivity index (χ2n) is 3.81. The molecule has 0 saturated carbocycles. The van der Waals surface area contributed by atoms with E-state index in [4.69, 9.17) is 9.47 Å². The lowest BCUT2D eigenvalue weighted by Crippen LogP contribution is -2.29. The third-order valence-corrected chi connectivity index (χ3v) is 2.63. The molecule has 0 amide bonds. The summed E-state index contributed by atoms with van der Waals surface area (Å²) >= 11 is 0. The highest BCUT2D eigenvalue weighted by atomic mass is 16.5. The fraction of sp³-hybridized carbons (Fsp3) is 0.700. The summed E-state index contributed by atoms with van der Waals surface area (Å²) in [5.41, 5.74) is 0. The highest BCUT2D eigenvalue weighted by Crippen LogP contribution is 2.12. The van der Waals surface area contributed by atoms with Gasteiger partial charge < -0.3 is 20.1 Å². The van der Waals surface area contributed by atoms with Crippen molar-refractivity contribution in [3.05, 3.63) is 0 Å². The number of nitrogens with one attached hydrogen (secondary N) is 2. The summed E-state index contributed by atoms with van der Waals surface area (Å²) in [6.07, 6.45) is 2.39. The Morgan fingerprint density at radius 2 is 1.94 bits per heavy atom. The Morgan fingerprint density at radius 3 is 2.47 bits per heavy atom. The van der Waals surface area contributed by atoms with E-state index in [2.05, 4.69) is 25.6 Å². The van der Waals surface area contributed by atoms with Gasteiger partial charge in [0.25, 0.3) is 0 Å². The minimum absolute atomic E-state index is 0.249. The van der Waals surface area contributed by atoms with Crippen molar-refractivity contribution in [2.45, 2.75) is 18.9 Å². The molecule has 0 bridgehead atoms. The van der Waals surface area contributed by atoms with Gasteiger partial charge in [0.05, 0.1) is 14.2 Å². The molecule has 94 valence electrons. The molecule has 1 aliphatic rings. The Kier molecular flexibility index (Phi) is 3.92. The van der Waals surface area contributed by atoms with Crippen LogP contribution in [0.2, 0.25) is 0 Å². The smallest absolute Gasteiger partial charge is 0.324 e. The molecule has 1 aromatic heterocycles. The van der Waals surface area contributed by atoms with Crippen molar-refractivity contribution in [2.24, 2.45) is 0 Å². The summed E-state index contributed by atoms with van der Waals surface area (Å²) in [7, 11) is 3.02. The third kappa shape index (κ3) is 3.16. The molecule has 0 aliphatic carbocycles. The van der Waals surface area contributed by atoms with E-state index < -0.39 is 0 Å². The predicted octanol–water partition coefficient (Wildman–Crippen LogP) is 0.0527. The Morgan fingerprint density at radius 1 is 1.24 bits per heavy atom. The Labute approximate surface area is 100.0 Å². The van der Waals surface area contributed by atoms with Crippen LogP contribution in [0.5, 0.6) is 12.0 Å². The molecule has 1 atom stereocenters. The van der Waals surface area contributed by atoms with E-state index >= 15 is 0 Å². The largest absolute Gasteiger partial charge is 0.467 e. The van der Waals surface area contributed by atoms with Crippen molar-refractivity contribution in [1.29, 1.82) is 0 Å². The number of aromatic nitrogens is 3. The average molecular weight is 239 g/mol. The lowest BCUT2D eigenvalue weighted by atomic mass is 10.2. The molecule has 1 saturated heterocycles. The topological polar surface area (TPSA) is 81.2 Å². The quantitative estimate of drug-likeness (QED) is 0.751. The minimum Gasteiger partial charge on any atom is -0.467 e. The molecule has 17 heavy (non-hydrogen) atoms. The zero-order chi connectivity index (χ0) is 12.1. The number of rotatable bonds is 5. The summed E-state index contributed by atoms with van der Waals surface area (Å²) in [5.74, 6) is 0.474. The molecular formula is C10H17N5O2. The van der Waals surface area contributed by atoms with Crippen LogP contribution in [-0.2, 0) is 0 Å². The molecule has 1 unspecified atom stereocenters. The zero-order valence-electron chi connectivity index (χ0n) is 10.1. The van der Waals surface area contributed by atoms with E-state index in [0.29, 0.717) is 12.0 Å². The van der Waals surface area contributed by atoms with E-state index in [1.165, 1.54) is 27.1 Å². The second-order valence-corrected chi connectivity index (χ2v) is 3.81. The highest BCUT2D eigenvalue weighted by Gasteiger charge is 2.14. The number of ether oxygens (including phenoxy) is 2. The molecule has 0 radical (unpaired) electrons. The number of anilines is 1. The van der Waals surface area contributed by atoms with Crippen LogP contribution in [0, 0.1) is 0 Å². The fourth-order valence-electron chi connectivity index (χ4n) is 1.75. The maximum absolute atomic E-state index is 4.97. The van der Waals surface area contributed by atoms with Gasteiger partial charge in [0.2, 0.25) is 5.95 Å². The van der Waals surface area contributed by atoms with Crippen molar-refractivity contribution in [3.63, 3.8) is 0 Å². The van der Waals surface area contributed by atoms with E-state index in [-0.39, 0.29) is 12.0 Å². The molecule has 1 fully saturated rings. The van der Waals surface area contributed by atoms with Gasteiger partial charge in [-0.1, -0.05) is 0 Å². The van der Waals surface area contributed by atoms with E-state index in [9.17, 15) is 0 Å². The Bertz CT molecular complexity index is 345. The van der Waals surface area contributed by atoms with Gasteiger partial charge in [-0.05, 0) is 19.4 Å². The monoisotopic (exact) mass is 239 g/mol. The molecule has 2 N–H and O–H groups in total. The normalized spacial score (nSPS) is 19.1. The summed E-state index contributed by atoms with van der Waals surface area (Å²) in [6.45, 7) is 1.87. The molecule has 7 heteroatoms. The summed E-state index contributed by atoms with van der Waals surface area (Å²) < 4.78 is 9.94. The summed E-state index contributed by atoms with van der Waals surface area (Å²) in [4.78, 5) is 12.1. The van der Waals surface area contributed by atoms with Crippen molar-refractivity contribution < 1.29 is 9.47 Å². The van der Waals surface area contributed by atoms with Crippen LogP contribution in [-0.4, -0.2) is 48.3 Å². The molecule has 1 aliphatic heterocycles. The predicted molar refractivity (Wildman–Crippen MR) is 62.4 cm³/mol. The first kappa shape index (κ1) is 11.8. The first-order valence-electron chi connectivity index (χ1n) is 5.63. The molecule has 0 spiro atoms. The van der Waals surface area contributed by atoms with Crippen molar-refractivity contribution in [3.8, 4) is 12.0 Å². The van der Waals surface area contributed by atoms with Crippen LogP contribution >= 0.6 is 0 Å². The number of hydrogen-bond acceptors (Lipinski definition) is 7. The van der Waals surface area contributed by atoms with Crippen LogP contribution in [0.15, 0.2) is 0 Å². The minimum atomic E-state index is 0.249. The molecule has 7 nitrogen and oxygen atoms in total. The van der Waals surface area contributed by atoms with Gasteiger partial charge in [0.1, 0.15) is 0 Å². The van der Waals surface area contributed by atoms with E-state index in [0.717, 1.165) is 13.1 Å². The maximum Gasteiger partial charge on any atom is 0.324 e. The van der Waals surface area contributed by atoms with Crippen LogP contribution < -0.4 is 20.1 Å². The molecule has 0 aromatic carbocycles. The van der Waals surface area contributed by atoms with Gasteiger partial charge in [0, 0.05) is 12.6 Å². The van der Waals surface area contributed by atoms with Crippen LogP contribution in [0.3, 0.4) is 0 Å². The summed E-state index contributed by atoms with van der Waals surface area (Å²) in [6, 6.07) is 0.973. The first-order chi connectivity index (χ1) is 8.31. The van der Waals surface area contributed by atoms with Gasteiger partial charge >= 0.3 is 12.0 Å². The van der Waals surface area contributed by atoms with Crippen LogP contribution in [0.1, 0.15) is 12.8 Å². The van der Waals surface area contributed by atoms with Gasteiger partial charge in [-0.2, -0.15) is 9.97 Å². The number of methoxy groups -OCH3 is 2. The maximum atomic E-state index is 4.97. The second kappa shape index (κ2) is 5.62. The molecule has 1 aromatic rings. The lowest BCUT2D eigenvalue weighted by Gasteiger charge is -2.11. The van der Waals surface area contributed by atoms with Crippen molar-refractivity contribution >= 4 is 5.95 Å². The highest BCUT2D eigenvalue weighted by molar-refractivity contribution is 5.27. The standard InChI is InChI=1S/C10H17N5O2/c1-16-9-13-8(14-10(15-9)17-2)12-6-7-4-3-5-11-7/h7,11H,3-6H2,1-2H3,(H,12,13,14,15). The number of hydrogen-bond donors (Lipinski definition) is 2. The van der Waals surface area contributed by atoms with E-state index in [1.54, 1.807) is 0 Å². The van der Waals surface area contributed by atoms with Crippen LogP contribution in [0.4, 0.5) is 5.95 Å². The van der Waals surface area contributed by atoms with Gasteiger partial charge in [-0.25, -0.2) is 0 Å².